The minimum atomic E-state index is 0.174. The van der Waals surface area contributed by atoms with E-state index in [0.717, 1.165) is 8.95 Å². The molecule has 0 N–H and O–H groups in total. The van der Waals surface area contributed by atoms with E-state index in [9.17, 15) is 0 Å². The summed E-state index contributed by atoms with van der Waals surface area (Å²) in [4.78, 5) is 3.73. The van der Waals surface area contributed by atoms with Crippen LogP contribution in [0.2, 0.25) is 0 Å². The van der Waals surface area contributed by atoms with Gasteiger partial charge in [0, 0.05) is 4.47 Å². The van der Waals surface area contributed by atoms with Crippen LogP contribution in [0.25, 0.3) is 0 Å². The average Bonchev–Trinajstić information content (AvgIpc) is 2.62. The van der Waals surface area contributed by atoms with Crippen molar-refractivity contribution in [3.63, 3.8) is 0 Å². The number of nitrogens with zero attached hydrogens (tertiary/aromatic N) is 1. The normalized spacial score (nSPS) is 10.1. The highest BCUT2D eigenvalue weighted by atomic mass is 79.9. The second kappa shape index (κ2) is 4.14. The largest absolute Gasteiger partial charge is 0.417 e. The molecule has 0 fully saturated rings. The van der Waals surface area contributed by atoms with E-state index in [1.165, 1.54) is 6.26 Å². The summed E-state index contributed by atoms with van der Waals surface area (Å²) in [7, 11) is 0. The minimum absolute atomic E-state index is 0.174. The number of aromatic nitrogens is 1. The molecule has 5 heteroatoms. The lowest BCUT2D eigenvalue weighted by Crippen LogP contribution is -1.84. The van der Waals surface area contributed by atoms with Crippen LogP contribution in [0.5, 0.6) is 11.8 Å². The Kier molecular flexibility index (Phi) is 2.88. The van der Waals surface area contributed by atoms with E-state index in [-0.39, 0.29) is 6.08 Å². The van der Waals surface area contributed by atoms with Gasteiger partial charge in [0.15, 0.2) is 0 Å². The van der Waals surface area contributed by atoms with E-state index >= 15 is 0 Å². The first-order valence-electron chi connectivity index (χ1n) is 3.70. The molecule has 0 aliphatic carbocycles. The Balaban J connectivity index is 2.25. The van der Waals surface area contributed by atoms with Crippen molar-refractivity contribution in [1.29, 1.82) is 0 Å². The summed E-state index contributed by atoms with van der Waals surface area (Å²) in [5.74, 6) is 0.643. The van der Waals surface area contributed by atoms with Gasteiger partial charge in [0.1, 0.15) is 18.2 Å². The summed E-state index contributed by atoms with van der Waals surface area (Å²) in [6.45, 7) is 0. The third kappa shape index (κ3) is 2.16. The maximum absolute atomic E-state index is 5.33. The van der Waals surface area contributed by atoms with E-state index in [1.54, 1.807) is 6.07 Å². The molecule has 1 heterocycles. The predicted octanol–water partition coefficient (Wildman–Crippen LogP) is 3.79. The van der Waals surface area contributed by atoms with Gasteiger partial charge in [-0.3, -0.25) is 0 Å². The highest BCUT2D eigenvalue weighted by Crippen LogP contribution is 2.31. The van der Waals surface area contributed by atoms with E-state index in [0.29, 0.717) is 5.75 Å². The summed E-state index contributed by atoms with van der Waals surface area (Å²) in [6, 6.07) is 5.55. The van der Waals surface area contributed by atoms with E-state index in [1.807, 2.05) is 12.1 Å². The van der Waals surface area contributed by atoms with Gasteiger partial charge in [-0.1, -0.05) is 15.9 Å². The van der Waals surface area contributed by atoms with E-state index in [4.69, 9.17) is 9.15 Å². The molecule has 0 unspecified atom stereocenters. The summed E-state index contributed by atoms with van der Waals surface area (Å²) in [5.41, 5.74) is 0. The summed E-state index contributed by atoms with van der Waals surface area (Å²) in [6.07, 6.45) is 4.02. The molecule has 71 valence electrons. The van der Waals surface area contributed by atoms with Gasteiger partial charge in [-0.15, -0.1) is 0 Å². The van der Waals surface area contributed by atoms with Gasteiger partial charge in [0.05, 0.1) is 4.47 Å². The maximum Gasteiger partial charge on any atom is 0.399 e. The van der Waals surface area contributed by atoms with Gasteiger partial charge >= 0.3 is 6.08 Å². The van der Waals surface area contributed by atoms with Crippen LogP contribution < -0.4 is 4.74 Å². The van der Waals surface area contributed by atoms with Crippen molar-refractivity contribution in [1.82, 2.24) is 4.98 Å². The quantitative estimate of drug-likeness (QED) is 0.845. The third-order valence-electron chi connectivity index (χ3n) is 1.46. The molecule has 1 aromatic carbocycles. The van der Waals surface area contributed by atoms with Crippen LogP contribution in [0.3, 0.4) is 0 Å². The number of halogens is 2. The van der Waals surface area contributed by atoms with Crippen molar-refractivity contribution < 1.29 is 9.15 Å². The molecular weight excluding hydrogens is 314 g/mol. The van der Waals surface area contributed by atoms with Crippen LogP contribution in [-0.2, 0) is 0 Å². The SMILES string of the molecule is Brc1ccc(Oc2n[c]co2)c(Br)c1. The molecule has 0 saturated carbocycles. The molecule has 0 bridgehead atoms. The summed E-state index contributed by atoms with van der Waals surface area (Å²) < 4.78 is 12.0. The lowest BCUT2D eigenvalue weighted by atomic mass is 10.3. The van der Waals surface area contributed by atoms with Crippen LogP contribution in [0.1, 0.15) is 0 Å². The zero-order valence-corrected chi connectivity index (χ0v) is 10.0. The molecule has 0 amide bonds. The van der Waals surface area contributed by atoms with Crippen molar-refractivity contribution >= 4 is 31.9 Å². The van der Waals surface area contributed by atoms with Gasteiger partial charge < -0.3 is 9.15 Å². The Labute approximate surface area is 97.4 Å². The molecule has 0 aliphatic rings. The predicted molar refractivity (Wildman–Crippen MR) is 57.3 cm³/mol. The molecule has 0 aliphatic heterocycles. The van der Waals surface area contributed by atoms with Crippen LogP contribution in [0.4, 0.5) is 0 Å². The number of hydrogen-bond donors (Lipinski definition) is 0. The number of oxazole rings is 1. The van der Waals surface area contributed by atoms with Crippen LogP contribution in [0.15, 0.2) is 37.8 Å². The second-order valence-electron chi connectivity index (χ2n) is 2.42. The van der Waals surface area contributed by atoms with E-state index < -0.39 is 0 Å². The van der Waals surface area contributed by atoms with E-state index in [2.05, 4.69) is 43.0 Å². The molecule has 2 rings (SSSR count). The second-order valence-corrected chi connectivity index (χ2v) is 4.19. The first kappa shape index (κ1) is 9.73. The Morgan fingerprint density at radius 1 is 1.36 bits per heavy atom. The van der Waals surface area contributed by atoms with Gasteiger partial charge in [-0.2, -0.15) is 4.98 Å². The molecule has 1 radical (unpaired) electrons. The van der Waals surface area contributed by atoms with Gasteiger partial charge in [-0.05, 0) is 34.1 Å². The molecule has 0 saturated heterocycles. The fraction of sp³-hybridized carbons (Fsp3) is 0. The number of hydrogen-bond acceptors (Lipinski definition) is 3. The monoisotopic (exact) mass is 316 g/mol. The lowest BCUT2D eigenvalue weighted by Gasteiger charge is -2.03. The lowest BCUT2D eigenvalue weighted by molar-refractivity contribution is 0.329. The number of ether oxygens (including phenoxy) is 1. The zero-order valence-electron chi connectivity index (χ0n) is 6.83. The fourth-order valence-electron chi connectivity index (χ4n) is 0.881. The first-order chi connectivity index (χ1) is 6.75. The van der Waals surface area contributed by atoms with Crippen molar-refractivity contribution in [2.75, 3.05) is 0 Å². The molecule has 2 aromatic rings. The Morgan fingerprint density at radius 3 is 2.86 bits per heavy atom. The Bertz CT molecular complexity index is 428. The van der Waals surface area contributed by atoms with Gasteiger partial charge in [0.2, 0.25) is 0 Å². The Morgan fingerprint density at radius 2 is 2.21 bits per heavy atom. The fourth-order valence-corrected chi connectivity index (χ4v) is 2.01. The Hall–Kier alpha value is -0.810. The standard InChI is InChI=1S/C9H4Br2NO2/c10-6-1-2-8(7(11)5-6)14-9-12-3-4-13-9/h1-2,4-5H. The molecule has 14 heavy (non-hydrogen) atoms. The summed E-state index contributed by atoms with van der Waals surface area (Å²) in [5, 5.41) is 0. The smallest absolute Gasteiger partial charge is 0.399 e. The van der Waals surface area contributed by atoms with Gasteiger partial charge in [-0.25, -0.2) is 0 Å². The van der Waals surface area contributed by atoms with Crippen molar-refractivity contribution in [2.45, 2.75) is 0 Å². The highest BCUT2D eigenvalue weighted by Gasteiger charge is 2.05. The average molecular weight is 318 g/mol. The molecule has 0 atom stereocenters. The van der Waals surface area contributed by atoms with Crippen LogP contribution in [0, 0.1) is 6.20 Å². The van der Waals surface area contributed by atoms with Crippen LogP contribution in [-0.4, -0.2) is 4.98 Å². The maximum atomic E-state index is 5.33. The van der Waals surface area contributed by atoms with Crippen molar-refractivity contribution in [3.8, 4) is 11.8 Å². The summed E-state index contributed by atoms with van der Waals surface area (Å²) >= 11 is 6.70. The third-order valence-corrected chi connectivity index (χ3v) is 2.57. The topological polar surface area (TPSA) is 35.3 Å². The minimum Gasteiger partial charge on any atom is -0.417 e. The number of rotatable bonds is 2. The van der Waals surface area contributed by atoms with Crippen molar-refractivity contribution in [2.24, 2.45) is 0 Å². The highest BCUT2D eigenvalue weighted by molar-refractivity contribution is 9.11. The van der Waals surface area contributed by atoms with Crippen molar-refractivity contribution in [3.05, 3.63) is 39.6 Å². The first-order valence-corrected chi connectivity index (χ1v) is 5.29. The molecule has 1 aromatic heterocycles. The zero-order chi connectivity index (χ0) is 9.97. The molecular formula is C9H4Br2NO2. The molecule has 3 nitrogen and oxygen atoms in total. The van der Waals surface area contributed by atoms with Gasteiger partial charge in [0.25, 0.3) is 0 Å². The number of benzene rings is 1. The molecule has 0 spiro atoms. The van der Waals surface area contributed by atoms with Crippen LogP contribution >= 0.6 is 31.9 Å².